The molecule has 1 unspecified atom stereocenters. The van der Waals surface area contributed by atoms with E-state index in [1.54, 1.807) is 6.20 Å². The van der Waals surface area contributed by atoms with Gasteiger partial charge in [-0.3, -0.25) is 9.48 Å². The van der Waals surface area contributed by atoms with Gasteiger partial charge in [-0.2, -0.15) is 5.10 Å². The second-order valence-corrected chi connectivity index (χ2v) is 8.05. The molecule has 2 aliphatic heterocycles. The number of carbonyl (C=O) groups excluding carboxylic acids is 1. The summed E-state index contributed by atoms with van der Waals surface area (Å²) >= 11 is 0. The highest BCUT2D eigenvalue weighted by Crippen LogP contribution is 2.24. The predicted octanol–water partition coefficient (Wildman–Crippen LogP) is 2.32. The fraction of sp³-hybridized carbons (Fsp3) is 0.545. The number of carbonyl (C=O) groups is 1. The van der Waals surface area contributed by atoms with Gasteiger partial charge < -0.3 is 15.0 Å². The summed E-state index contributed by atoms with van der Waals surface area (Å²) in [5.41, 5.74) is 5.88. The van der Waals surface area contributed by atoms with Crippen LogP contribution in [0.25, 0.3) is 0 Å². The summed E-state index contributed by atoms with van der Waals surface area (Å²) in [5, 5.41) is 8.10. The van der Waals surface area contributed by atoms with E-state index in [-0.39, 0.29) is 5.91 Å². The van der Waals surface area contributed by atoms with Gasteiger partial charge in [0.25, 0.3) is 5.91 Å². The molecule has 0 bridgehead atoms. The number of fused-ring (bicyclic) bond motifs is 1. The Kier molecular flexibility index (Phi) is 5.78. The maximum absolute atomic E-state index is 12.9. The standard InChI is InChI=1S/C22H30N4O2/c1-16-3-4-19(17(2)11-16)14-23-13-18-5-6-26-21(12-18)20(15-24-26)22(27)25-7-9-28-10-8-25/h3-4,11,15,18,23H,5-10,12-14H2,1-2H3. The Morgan fingerprint density at radius 1 is 1.25 bits per heavy atom. The van der Waals surface area contributed by atoms with Crippen LogP contribution in [0.1, 0.15) is 39.2 Å². The number of aromatic nitrogens is 2. The van der Waals surface area contributed by atoms with Gasteiger partial charge in [0.05, 0.1) is 30.7 Å². The zero-order chi connectivity index (χ0) is 19.5. The molecule has 6 heteroatoms. The van der Waals surface area contributed by atoms with Crippen LogP contribution in [0.15, 0.2) is 24.4 Å². The largest absolute Gasteiger partial charge is 0.378 e. The SMILES string of the molecule is Cc1ccc(CNCC2CCn3ncc(C(=O)N4CCOCC4)c3C2)c(C)c1. The first-order chi connectivity index (χ1) is 13.6. The number of morpholine rings is 1. The van der Waals surface area contributed by atoms with Gasteiger partial charge in [0.1, 0.15) is 0 Å². The van der Waals surface area contributed by atoms with E-state index in [0.717, 1.165) is 43.7 Å². The van der Waals surface area contributed by atoms with E-state index >= 15 is 0 Å². The van der Waals surface area contributed by atoms with Crippen molar-refractivity contribution in [2.24, 2.45) is 5.92 Å². The maximum atomic E-state index is 12.9. The summed E-state index contributed by atoms with van der Waals surface area (Å²) in [6.07, 6.45) is 3.77. The molecule has 28 heavy (non-hydrogen) atoms. The number of amides is 1. The fourth-order valence-corrected chi connectivity index (χ4v) is 4.24. The molecule has 1 N–H and O–H groups in total. The van der Waals surface area contributed by atoms with Crippen molar-refractivity contribution in [2.75, 3.05) is 32.8 Å². The zero-order valence-electron chi connectivity index (χ0n) is 16.9. The van der Waals surface area contributed by atoms with Gasteiger partial charge in [0.2, 0.25) is 0 Å². The Morgan fingerprint density at radius 3 is 2.86 bits per heavy atom. The van der Waals surface area contributed by atoms with Gasteiger partial charge in [-0.1, -0.05) is 23.8 Å². The second kappa shape index (κ2) is 8.45. The minimum atomic E-state index is 0.105. The summed E-state index contributed by atoms with van der Waals surface area (Å²) in [5.74, 6) is 0.639. The molecule has 4 rings (SSSR count). The van der Waals surface area contributed by atoms with Gasteiger partial charge in [0.15, 0.2) is 0 Å². The molecule has 1 amide bonds. The van der Waals surface area contributed by atoms with Crippen LogP contribution in [0.5, 0.6) is 0 Å². The minimum absolute atomic E-state index is 0.105. The molecule has 0 aliphatic carbocycles. The number of benzene rings is 1. The van der Waals surface area contributed by atoms with Crippen LogP contribution in [-0.4, -0.2) is 53.4 Å². The smallest absolute Gasteiger partial charge is 0.257 e. The number of ether oxygens (including phenoxy) is 1. The molecule has 0 spiro atoms. The molecule has 1 fully saturated rings. The van der Waals surface area contributed by atoms with Crippen molar-refractivity contribution in [3.63, 3.8) is 0 Å². The van der Waals surface area contributed by atoms with Gasteiger partial charge in [0, 0.05) is 26.2 Å². The third-order valence-electron chi connectivity index (χ3n) is 5.96. The number of nitrogens with zero attached hydrogens (tertiary/aromatic N) is 3. The number of hydrogen-bond donors (Lipinski definition) is 1. The van der Waals surface area contributed by atoms with E-state index in [4.69, 9.17) is 4.74 Å². The third kappa shape index (κ3) is 4.13. The molecular formula is C22H30N4O2. The van der Waals surface area contributed by atoms with Crippen molar-refractivity contribution in [3.05, 3.63) is 52.3 Å². The quantitative estimate of drug-likeness (QED) is 0.862. The lowest BCUT2D eigenvalue weighted by atomic mass is 9.94. The molecule has 150 valence electrons. The number of rotatable bonds is 5. The van der Waals surface area contributed by atoms with Crippen molar-refractivity contribution in [1.29, 1.82) is 0 Å². The summed E-state index contributed by atoms with van der Waals surface area (Å²) in [6, 6.07) is 6.62. The lowest BCUT2D eigenvalue weighted by Crippen LogP contribution is -2.41. The van der Waals surface area contributed by atoms with Crippen LogP contribution in [0.3, 0.4) is 0 Å². The Balaban J connectivity index is 1.36. The van der Waals surface area contributed by atoms with Crippen LogP contribution in [0.4, 0.5) is 0 Å². The molecule has 1 saturated heterocycles. The van der Waals surface area contributed by atoms with Crippen molar-refractivity contribution in [3.8, 4) is 0 Å². The first-order valence-electron chi connectivity index (χ1n) is 10.3. The summed E-state index contributed by atoms with van der Waals surface area (Å²) in [4.78, 5) is 14.8. The average Bonchev–Trinajstić information content (AvgIpc) is 3.13. The van der Waals surface area contributed by atoms with Crippen LogP contribution >= 0.6 is 0 Å². The van der Waals surface area contributed by atoms with Gasteiger partial charge in [-0.15, -0.1) is 0 Å². The van der Waals surface area contributed by atoms with E-state index in [9.17, 15) is 4.79 Å². The molecule has 0 saturated carbocycles. The topological polar surface area (TPSA) is 59.4 Å². The molecule has 1 atom stereocenters. The summed E-state index contributed by atoms with van der Waals surface area (Å²) in [7, 11) is 0. The van der Waals surface area contributed by atoms with E-state index in [2.05, 4.69) is 42.5 Å². The fourth-order valence-electron chi connectivity index (χ4n) is 4.24. The first-order valence-corrected chi connectivity index (χ1v) is 10.3. The van der Waals surface area contributed by atoms with Crippen LogP contribution < -0.4 is 5.32 Å². The molecule has 6 nitrogen and oxygen atoms in total. The second-order valence-electron chi connectivity index (χ2n) is 8.05. The molecule has 1 aromatic heterocycles. The monoisotopic (exact) mass is 382 g/mol. The number of hydrogen-bond acceptors (Lipinski definition) is 4. The van der Waals surface area contributed by atoms with Gasteiger partial charge in [-0.05, 0) is 50.3 Å². The normalized spacial score (nSPS) is 19.5. The Bertz CT molecular complexity index is 839. The van der Waals surface area contributed by atoms with Crippen molar-refractivity contribution >= 4 is 5.91 Å². The summed E-state index contributed by atoms with van der Waals surface area (Å²) in [6.45, 7) is 9.64. The maximum Gasteiger partial charge on any atom is 0.257 e. The molecule has 3 heterocycles. The number of aryl methyl sites for hydroxylation is 3. The van der Waals surface area contributed by atoms with E-state index in [1.165, 1.54) is 16.7 Å². The van der Waals surface area contributed by atoms with Crippen LogP contribution in [0.2, 0.25) is 0 Å². The lowest BCUT2D eigenvalue weighted by Gasteiger charge is -2.28. The van der Waals surface area contributed by atoms with E-state index < -0.39 is 0 Å². The third-order valence-corrected chi connectivity index (χ3v) is 5.96. The molecule has 2 aromatic rings. The van der Waals surface area contributed by atoms with Crippen LogP contribution in [0, 0.1) is 19.8 Å². The average molecular weight is 383 g/mol. The summed E-state index contributed by atoms with van der Waals surface area (Å²) < 4.78 is 7.39. The van der Waals surface area contributed by atoms with Crippen LogP contribution in [-0.2, 0) is 24.2 Å². The van der Waals surface area contributed by atoms with E-state index in [1.807, 2.05) is 9.58 Å². The molecule has 0 radical (unpaired) electrons. The Hall–Kier alpha value is -2.18. The highest BCUT2D eigenvalue weighted by Gasteiger charge is 2.28. The predicted molar refractivity (Wildman–Crippen MR) is 108 cm³/mol. The van der Waals surface area contributed by atoms with E-state index in [0.29, 0.717) is 32.2 Å². The Morgan fingerprint density at radius 2 is 2.07 bits per heavy atom. The lowest BCUT2D eigenvalue weighted by molar-refractivity contribution is 0.0301. The first kappa shape index (κ1) is 19.2. The highest BCUT2D eigenvalue weighted by atomic mass is 16.5. The zero-order valence-corrected chi connectivity index (χ0v) is 16.9. The molecular weight excluding hydrogens is 352 g/mol. The molecule has 2 aliphatic rings. The van der Waals surface area contributed by atoms with Crippen molar-refractivity contribution < 1.29 is 9.53 Å². The van der Waals surface area contributed by atoms with Crippen molar-refractivity contribution in [2.45, 2.75) is 39.8 Å². The van der Waals surface area contributed by atoms with Gasteiger partial charge in [-0.25, -0.2) is 0 Å². The number of nitrogens with one attached hydrogen (secondary N) is 1. The van der Waals surface area contributed by atoms with Gasteiger partial charge >= 0.3 is 0 Å². The highest BCUT2D eigenvalue weighted by molar-refractivity contribution is 5.95. The van der Waals surface area contributed by atoms with Crippen molar-refractivity contribution in [1.82, 2.24) is 20.0 Å². The minimum Gasteiger partial charge on any atom is -0.378 e. The molecule has 1 aromatic carbocycles. The Labute approximate surface area is 166 Å².